The predicted octanol–water partition coefficient (Wildman–Crippen LogP) is 2.65. The minimum Gasteiger partial charge on any atom is -0.464 e. The SMILES string of the molecule is COC(=O)c1c(C)c(C(=O)C(C)N(C)C(=O)C2CCCC2)c(C)n1C. The first-order valence-corrected chi connectivity index (χ1v) is 8.77. The number of carbonyl (C=O) groups excluding carboxylic acids is 3. The lowest BCUT2D eigenvalue weighted by molar-refractivity contribution is -0.135. The zero-order valence-corrected chi connectivity index (χ0v) is 16.0. The van der Waals surface area contributed by atoms with Crippen molar-refractivity contribution in [2.75, 3.05) is 14.2 Å². The number of hydrogen-bond donors (Lipinski definition) is 0. The van der Waals surface area contributed by atoms with E-state index in [-0.39, 0.29) is 17.6 Å². The molecule has 0 aromatic carbocycles. The summed E-state index contributed by atoms with van der Waals surface area (Å²) in [6.45, 7) is 5.30. The number of Topliss-reactive ketones (excluding diaryl/α,β-unsaturated/α-hetero) is 1. The van der Waals surface area contributed by atoms with Crippen LogP contribution in [0.25, 0.3) is 0 Å². The van der Waals surface area contributed by atoms with Crippen LogP contribution in [-0.2, 0) is 16.6 Å². The lowest BCUT2D eigenvalue weighted by atomic mass is 9.98. The zero-order chi connectivity index (χ0) is 18.9. The van der Waals surface area contributed by atoms with E-state index < -0.39 is 12.0 Å². The zero-order valence-electron chi connectivity index (χ0n) is 16.0. The van der Waals surface area contributed by atoms with Crippen LogP contribution in [0, 0.1) is 19.8 Å². The maximum Gasteiger partial charge on any atom is 0.354 e. The third-order valence-electron chi connectivity index (χ3n) is 5.57. The summed E-state index contributed by atoms with van der Waals surface area (Å²) in [5.41, 5.74) is 2.18. The van der Waals surface area contributed by atoms with Crippen molar-refractivity contribution in [1.82, 2.24) is 9.47 Å². The molecule has 1 aliphatic carbocycles. The Morgan fingerprint density at radius 3 is 2.28 bits per heavy atom. The number of hydrogen-bond acceptors (Lipinski definition) is 4. The average molecular weight is 348 g/mol. The fourth-order valence-electron chi connectivity index (χ4n) is 3.76. The van der Waals surface area contributed by atoms with Gasteiger partial charge in [0.2, 0.25) is 5.91 Å². The molecule has 0 N–H and O–H groups in total. The molecule has 0 saturated heterocycles. The second-order valence-corrected chi connectivity index (χ2v) is 6.96. The number of methoxy groups -OCH3 is 1. The van der Waals surface area contributed by atoms with Gasteiger partial charge in [-0.1, -0.05) is 12.8 Å². The van der Waals surface area contributed by atoms with Crippen molar-refractivity contribution in [3.8, 4) is 0 Å². The second-order valence-electron chi connectivity index (χ2n) is 6.96. The van der Waals surface area contributed by atoms with Crippen molar-refractivity contribution in [1.29, 1.82) is 0 Å². The highest BCUT2D eigenvalue weighted by Crippen LogP contribution is 2.28. The smallest absolute Gasteiger partial charge is 0.354 e. The normalized spacial score (nSPS) is 15.9. The topological polar surface area (TPSA) is 68.6 Å². The molecule has 0 radical (unpaired) electrons. The molecule has 1 heterocycles. The van der Waals surface area contributed by atoms with Gasteiger partial charge in [0, 0.05) is 31.3 Å². The van der Waals surface area contributed by atoms with Crippen molar-refractivity contribution >= 4 is 17.7 Å². The molecule has 1 aliphatic rings. The fraction of sp³-hybridized carbons (Fsp3) is 0.632. The predicted molar refractivity (Wildman–Crippen MR) is 94.7 cm³/mol. The Labute approximate surface area is 149 Å². The van der Waals surface area contributed by atoms with E-state index in [2.05, 4.69) is 0 Å². The van der Waals surface area contributed by atoms with E-state index in [0.29, 0.717) is 22.5 Å². The van der Waals surface area contributed by atoms with Crippen LogP contribution >= 0.6 is 0 Å². The van der Waals surface area contributed by atoms with Gasteiger partial charge in [0.1, 0.15) is 5.69 Å². The molecular formula is C19H28N2O4. The van der Waals surface area contributed by atoms with Crippen molar-refractivity contribution in [3.63, 3.8) is 0 Å². The molecule has 1 aromatic rings. The molecule has 0 spiro atoms. The summed E-state index contributed by atoms with van der Waals surface area (Å²) in [7, 11) is 4.75. The second kappa shape index (κ2) is 7.42. The summed E-state index contributed by atoms with van der Waals surface area (Å²) < 4.78 is 6.50. The van der Waals surface area contributed by atoms with Crippen molar-refractivity contribution in [2.24, 2.45) is 13.0 Å². The molecule has 2 rings (SSSR count). The maximum absolute atomic E-state index is 13.1. The average Bonchev–Trinajstić information content (AvgIpc) is 3.20. The first-order chi connectivity index (χ1) is 11.7. The van der Waals surface area contributed by atoms with Crippen LogP contribution in [0.2, 0.25) is 0 Å². The van der Waals surface area contributed by atoms with Gasteiger partial charge >= 0.3 is 5.97 Å². The van der Waals surface area contributed by atoms with E-state index >= 15 is 0 Å². The van der Waals surface area contributed by atoms with Crippen LogP contribution in [0.4, 0.5) is 0 Å². The van der Waals surface area contributed by atoms with Crippen LogP contribution in [0.1, 0.15) is 64.7 Å². The van der Waals surface area contributed by atoms with E-state index in [1.807, 2.05) is 0 Å². The summed E-state index contributed by atoms with van der Waals surface area (Å²) in [4.78, 5) is 39.2. The van der Waals surface area contributed by atoms with Gasteiger partial charge in [0.25, 0.3) is 0 Å². The summed E-state index contributed by atoms with van der Waals surface area (Å²) >= 11 is 0. The number of amides is 1. The molecule has 0 aliphatic heterocycles. The van der Waals surface area contributed by atoms with Crippen LogP contribution in [0.15, 0.2) is 0 Å². The Bertz CT molecular complexity index is 699. The Morgan fingerprint density at radius 2 is 1.76 bits per heavy atom. The van der Waals surface area contributed by atoms with E-state index in [1.54, 1.807) is 44.3 Å². The van der Waals surface area contributed by atoms with Crippen LogP contribution in [-0.4, -0.2) is 47.3 Å². The monoisotopic (exact) mass is 348 g/mol. The molecule has 1 saturated carbocycles. The Kier molecular flexibility index (Phi) is 5.70. The number of aromatic nitrogens is 1. The number of rotatable bonds is 5. The number of carbonyl (C=O) groups is 3. The number of esters is 1. The molecule has 138 valence electrons. The number of likely N-dealkylation sites (N-methyl/N-ethyl adjacent to an activating group) is 1. The molecule has 1 fully saturated rings. The molecule has 1 atom stereocenters. The molecular weight excluding hydrogens is 320 g/mol. The first kappa shape index (κ1) is 19.2. The van der Waals surface area contributed by atoms with Gasteiger partial charge in [0.05, 0.1) is 13.2 Å². The highest BCUT2D eigenvalue weighted by atomic mass is 16.5. The van der Waals surface area contributed by atoms with Gasteiger partial charge in [-0.25, -0.2) is 4.79 Å². The Hall–Kier alpha value is -2.11. The fourth-order valence-corrected chi connectivity index (χ4v) is 3.76. The molecule has 25 heavy (non-hydrogen) atoms. The summed E-state index contributed by atoms with van der Waals surface area (Å²) in [5, 5.41) is 0. The van der Waals surface area contributed by atoms with Gasteiger partial charge in [-0.15, -0.1) is 0 Å². The number of ketones is 1. The molecule has 6 heteroatoms. The molecule has 1 unspecified atom stereocenters. The van der Waals surface area contributed by atoms with Crippen LogP contribution < -0.4 is 0 Å². The van der Waals surface area contributed by atoms with E-state index in [9.17, 15) is 14.4 Å². The van der Waals surface area contributed by atoms with Crippen LogP contribution in [0.3, 0.4) is 0 Å². The van der Waals surface area contributed by atoms with Gasteiger partial charge in [0.15, 0.2) is 5.78 Å². The van der Waals surface area contributed by atoms with Gasteiger partial charge < -0.3 is 14.2 Å². The van der Waals surface area contributed by atoms with Crippen molar-refractivity contribution < 1.29 is 19.1 Å². The standard InChI is InChI=1S/C19H28N2O4/c1-11-15(12(2)20(4)16(11)19(24)25-6)17(22)13(3)21(5)18(23)14-9-7-8-10-14/h13-14H,7-10H2,1-6H3. The van der Waals surface area contributed by atoms with Gasteiger partial charge in [-0.3, -0.25) is 9.59 Å². The van der Waals surface area contributed by atoms with Crippen LogP contribution in [0.5, 0.6) is 0 Å². The Balaban J connectivity index is 2.30. The quantitative estimate of drug-likeness (QED) is 0.606. The highest BCUT2D eigenvalue weighted by Gasteiger charge is 2.33. The molecule has 6 nitrogen and oxygen atoms in total. The summed E-state index contributed by atoms with van der Waals surface area (Å²) in [5.74, 6) is -0.540. The largest absolute Gasteiger partial charge is 0.464 e. The van der Waals surface area contributed by atoms with Gasteiger partial charge in [-0.05, 0) is 39.2 Å². The molecule has 0 bridgehead atoms. The van der Waals surface area contributed by atoms with Crippen molar-refractivity contribution in [2.45, 2.75) is 52.5 Å². The van der Waals surface area contributed by atoms with E-state index in [0.717, 1.165) is 25.7 Å². The summed E-state index contributed by atoms with van der Waals surface area (Å²) in [6, 6.07) is -0.571. The first-order valence-electron chi connectivity index (χ1n) is 8.77. The third-order valence-corrected chi connectivity index (χ3v) is 5.57. The minimum absolute atomic E-state index is 0.0313. The Morgan fingerprint density at radius 1 is 1.20 bits per heavy atom. The lowest BCUT2D eigenvalue weighted by Crippen LogP contribution is -2.43. The number of ether oxygens (including phenoxy) is 1. The molecule has 1 aromatic heterocycles. The summed E-state index contributed by atoms with van der Waals surface area (Å²) in [6.07, 6.45) is 3.96. The lowest BCUT2D eigenvalue weighted by Gasteiger charge is -2.27. The number of nitrogens with zero attached hydrogens (tertiary/aromatic N) is 2. The highest BCUT2D eigenvalue weighted by molar-refractivity contribution is 6.06. The van der Waals surface area contributed by atoms with E-state index in [1.165, 1.54) is 7.11 Å². The molecule has 1 amide bonds. The minimum atomic E-state index is -0.571. The van der Waals surface area contributed by atoms with Crippen molar-refractivity contribution in [3.05, 3.63) is 22.5 Å². The van der Waals surface area contributed by atoms with E-state index in [4.69, 9.17) is 4.74 Å². The third kappa shape index (κ3) is 3.34. The maximum atomic E-state index is 13.1. The van der Waals surface area contributed by atoms with Gasteiger partial charge in [-0.2, -0.15) is 0 Å².